The smallest absolute Gasteiger partial charge is 0.0605 e. The largest absolute Gasteiger partial charge is 0.308 e. The Morgan fingerprint density at radius 3 is 2.67 bits per heavy atom. The van der Waals surface area contributed by atoms with Gasteiger partial charge in [0.1, 0.15) is 0 Å². The first-order valence-corrected chi connectivity index (χ1v) is 7.81. The highest BCUT2D eigenvalue weighted by atomic mass is 15.3. The lowest BCUT2D eigenvalue weighted by atomic mass is 10.0. The van der Waals surface area contributed by atoms with Gasteiger partial charge in [0, 0.05) is 18.9 Å². The maximum absolute atomic E-state index is 4.66. The van der Waals surface area contributed by atoms with Crippen molar-refractivity contribution in [2.45, 2.75) is 53.1 Å². The van der Waals surface area contributed by atoms with E-state index in [1.54, 1.807) is 0 Å². The molecule has 2 aromatic heterocycles. The lowest BCUT2D eigenvalue weighted by Gasteiger charge is -2.19. The van der Waals surface area contributed by atoms with E-state index in [1.165, 1.54) is 16.7 Å². The predicted octanol–water partition coefficient (Wildman–Crippen LogP) is 3.20. The van der Waals surface area contributed by atoms with Crippen LogP contribution in [0.3, 0.4) is 0 Å². The number of nitrogens with zero attached hydrogens (tertiary/aromatic N) is 3. The summed E-state index contributed by atoms with van der Waals surface area (Å²) in [5, 5.41) is 7.99. The van der Waals surface area contributed by atoms with Gasteiger partial charge >= 0.3 is 0 Å². The molecule has 0 radical (unpaired) electrons. The molecule has 2 aromatic rings. The van der Waals surface area contributed by atoms with Crippen molar-refractivity contribution in [2.75, 3.05) is 6.54 Å². The van der Waals surface area contributed by atoms with Gasteiger partial charge in [-0.25, -0.2) is 0 Å². The molecule has 4 heteroatoms. The van der Waals surface area contributed by atoms with E-state index in [-0.39, 0.29) is 6.04 Å². The second kappa shape index (κ2) is 7.36. The van der Waals surface area contributed by atoms with Crippen molar-refractivity contribution in [1.29, 1.82) is 0 Å². The molecule has 0 bridgehead atoms. The van der Waals surface area contributed by atoms with E-state index in [0.717, 1.165) is 31.6 Å². The minimum absolute atomic E-state index is 0.250. The topological polar surface area (TPSA) is 42.7 Å². The third-order valence-electron chi connectivity index (χ3n) is 3.68. The molecule has 1 atom stereocenters. The van der Waals surface area contributed by atoms with Crippen molar-refractivity contribution in [1.82, 2.24) is 20.1 Å². The number of aryl methyl sites for hydroxylation is 3. The second-order valence-electron chi connectivity index (χ2n) is 5.63. The Morgan fingerprint density at radius 2 is 2.05 bits per heavy atom. The standard InChI is InChI=1S/C17H26N4/c1-5-7-18-16(9-15-11-20-21(6-2)12-15)17-14(4)8-13(3)10-19-17/h8,10-12,16,18H,5-7,9H2,1-4H3. The molecule has 0 aliphatic heterocycles. The van der Waals surface area contributed by atoms with Crippen LogP contribution in [0.1, 0.15) is 48.7 Å². The van der Waals surface area contributed by atoms with Crippen LogP contribution in [0.2, 0.25) is 0 Å². The van der Waals surface area contributed by atoms with Crippen molar-refractivity contribution in [3.8, 4) is 0 Å². The zero-order valence-corrected chi connectivity index (χ0v) is 13.6. The van der Waals surface area contributed by atoms with Crippen LogP contribution in [0.15, 0.2) is 24.7 Å². The van der Waals surface area contributed by atoms with E-state index in [4.69, 9.17) is 0 Å². The van der Waals surface area contributed by atoms with Crippen LogP contribution >= 0.6 is 0 Å². The first kappa shape index (κ1) is 15.7. The molecule has 2 heterocycles. The zero-order chi connectivity index (χ0) is 15.2. The highest BCUT2D eigenvalue weighted by Gasteiger charge is 2.16. The summed E-state index contributed by atoms with van der Waals surface area (Å²) in [6, 6.07) is 2.46. The van der Waals surface area contributed by atoms with Gasteiger partial charge in [-0.15, -0.1) is 0 Å². The summed E-state index contributed by atoms with van der Waals surface area (Å²) in [7, 11) is 0. The normalized spacial score (nSPS) is 12.6. The maximum Gasteiger partial charge on any atom is 0.0605 e. The number of rotatable bonds is 7. The average Bonchev–Trinajstić information content (AvgIpc) is 2.91. The molecule has 4 nitrogen and oxygen atoms in total. The summed E-state index contributed by atoms with van der Waals surface area (Å²) in [6.07, 6.45) is 8.10. The number of nitrogens with one attached hydrogen (secondary N) is 1. The highest BCUT2D eigenvalue weighted by molar-refractivity contribution is 5.27. The summed E-state index contributed by atoms with van der Waals surface area (Å²) < 4.78 is 1.97. The van der Waals surface area contributed by atoms with Crippen LogP contribution in [0, 0.1) is 13.8 Å². The fraction of sp³-hybridized carbons (Fsp3) is 0.529. The Kier molecular flexibility index (Phi) is 5.51. The molecule has 0 saturated carbocycles. The Balaban J connectivity index is 2.20. The molecule has 0 amide bonds. The fourth-order valence-corrected chi connectivity index (χ4v) is 2.60. The van der Waals surface area contributed by atoms with Crippen molar-refractivity contribution in [2.24, 2.45) is 0 Å². The molecule has 2 rings (SSSR count). The number of aromatic nitrogens is 3. The summed E-state index contributed by atoms with van der Waals surface area (Å²) in [6.45, 7) is 10.4. The number of hydrogen-bond donors (Lipinski definition) is 1. The molecule has 0 aliphatic carbocycles. The van der Waals surface area contributed by atoms with Gasteiger partial charge in [-0.2, -0.15) is 5.10 Å². The van der Waals surface area contributed by atoms with Gasteiger partial charge in [-0.05, 0) is 56.8 Å². The first-order valence-electron chi connectivity index (χ1n) is 7.81. The summed E-state index contributed by atoms with van der Waals surface area (Å²) in [4.78, 5) is 4.66. The average molecular weight is 286 g/mol. The molecule has 21 heavy (non-hydrogen) atoms. The van der Waals surface area contributed by atoms with Gasteiger partial charge < -0.3 is 5.32 Å². The van der Waals surface area contributed by atoms with E-state index >= 15 is 0 Å². The van der Waals surface area contributed by atoms with Gasteiger partial charge in [-0.1, -0.05) is 13.0 Å². The Hall–Kier alpha value is -1.68. The summed E-state index contributed by atoms with van der Waals surface area (Å²) in [5.41, 5.74) is 4.88. The zero-order valence-electron chi connectivity index (χ0n) is 13.6. The van der Waals surface area contributed by atoms with Gasteiger partial charge in [-0.3, -0.25) is 9.67 Å². The first-order chi connectivity index (χ1) is 10.1. The molecule has 0 aromatic carbocycles. The maximum atomic E-state index is 4.66. The van der Waals surface area contributed by atoms with E-state index in [9.17, 15) is 0 Å². The van der Waals surface area contributed by atoms with Crippen molar-refractivity contribution < 1.29 is 0 Å². The fourth-order valence-electron chi connectivity index (χ4n) is 2.60. The van der Waals surface area contributed by atoms with Crippen LogP contribution in [0.5, 0.6) is 0 Å². The molecule has 114 valence electrons. The van der Waals surface area contributed by atoms with Crippen LogP contribution < -0.4 is 5.32 Å². The third kappa shape index (κ3) is 4.14. The third-order valence-corrected chi connectivity index (χ3v) is 3.68. The summed E-state index contributed by atoms with van der Waals surface area (Å²) in [5.74, 6) is 0. The lowest BCUT2D eigenvalue weighted by Crippen LogP contribution is -2.25. The molecule has 0 aliphatic rings. The molecule has 0 fully saturated rings. The molecular weight excluding hydrogens is 260 g/mol. The molecule has 0 saturated heterocycles. The second-order valence-corrected chi connectivity index (χ2v) is 5.63. The van der Waals surface area contributed by atoms with Crippen LogP contribution in [0.25, 0.3) is 0 Å². The van der Waals surface area contributed by atoms with Gasteiger partial charge in [0.15, 0.2) is 0 Å². The molecule has 0 spiro atoms. The minimum atomic E-state index is 0.250. The van der Waals surface area contributed by atoms with E-state index in [1.807, 2.05) is 17.1 Å². The Morgan fingerprint density at radius 1 is 1.24 bits per heavy atom. The van der Waals surface area contributed by atoms with Crippen LogP contribution in [-0.2, 0) is 13.0 Å². The number of hydrogen-bond acceptors (Lipinski definition) is 3. The molecular formula is C17H26N4. The lowest BCUT2D eigenvalue weighted by molar-refractivity contribution is 0.515. The minimum Gasteiger partial charge on any atom is -0.308 e. The highest BCUT2D eigenvalue weighted by Crippen LogP contribution is 2.20. The Labute approximate surface area is 127 Å². The van der Waals surface area contributed by atoms with E-state index in [2.05, 4.69) is 55.4 Å². The number of pyridine rings is 1. The van der Waals surface area contributed by atoms with Crippen molar-refractivity contribution >= 4 is 0 Å². The summed E-state index contributed by atoms with van der Waals surface area (Å²) >= 11 is 0. The van der Waals surface area contributed by atoms with Crippen LogP contribution in [0.4, 0.5) is 0 Å². The van der Waals surface area contributed by atoms with E-state index in [0.29, 0.717) is 0 Å². The molecule has 1 N–H and O–H groups in total. The van der Waals surface area contributed by atoms with Gasteiger partial charge in [0.05, 0.1) is 17.9 Å². The van der Waals surface area contributed by atoms with Gasteiger partial charge in [0.25, 0.3) is 0 Å². The van der Waals surface area contributed by atoms with Crippen LogP contribution in [-0.4, -0.2) is 21.3 Å². The Bertz CT molecular complexity index is 574. The van der Waals surface area contributed by atoms with Gasteiger partial charge in [0.2, 0.25) is 0 Å². The SMILES string of the molecule is CCCNC(Cc1cnn(CC)c1)c1ncc(C)cc1C. The molecule has 1 unspecified atom stereocenters. The van der Waals surface area contributed by atoms with Crippen molar-refractivity contribution in [3.63, 3.8) is 0 Å². The van der Waals surface area contributed by atoms with E-state index < -0.39 is 0 Å². The quantitative estimate of drug-likeness (QED) is 0.850. The monoisotopic (exact) mass is 286 g/mol. The predicted molar refractivity (Wildman–Crippen MR) is 86.4 cm³/mol. The van der Waals surface area contributed by atoms with Crippen molar-refractivity contribution in [3.05, 3.63) is 47.0 Å².